The van der Waals surface area contributed by atoms with Gasteiger partial charge in [-0.15, -0.1) is 0 Å². The molecule has 1 fully saturated rings. The van der Waals surface area contributed by atoms with Crippen molar-refractivity contribution in [1.82, 2.24) is 20.0 Å². The predicted octanol–water partition coefficient (Wildman–Crippen LogP) is 3.75. The molecule has 1 aliphatic rings. The Labute approximate surface area is 188 Å². The van der Waals surface area contributed by atoms with Crippen molar-refractivity contribution in [2.45, 2.75) is 20.3 Å². The first-order valence-corrected chi connectivity index (χ1v) is 11.0. The lowest BCUT2D eigenvalue weighted by atomic mass is 10.0. The third-order valence-electron chi connectivity index (χ3n) is 5.86. The van der Waals surface area contributed by atoms with E-state index in [1.165, 1.54) is 17.7 Å². The first kappa shape index (κ1) is 22.2. The number of benzene rings is 2. The van der Waals surface area contributed by atoms with Gasteiger partial charge in [0.25, 0.3) is 5.91 Å². The zero-order valence-corrected chi connectivity index (χ0v) is 18.6. The fourth-order valence-electron chi connectivity index (χ4n) is 3.78. The monoisotopic (exact) mass is 436 g/mol. The van der Waals surface area contributed by atoms with Crippen molar-refractivity contribution < 1.29 is 13.9 Å². The van der Waals surface area contributed by atoms with Crippen LogP contribution in [-0.2, 0) is 4.74 Å². The van der Waals surface area contributed by atoms with Crippen LogP contribution in [0.5, 0.6) is 0 Å². The van der Waals surface area contributed by atoms with Gasteiger partial charge < -0.3 is 10.1 Å². The Morgan fingerprint density at radius 2 is 1.81 bits per heavy atom. The van der Waals surface area contributed by atoms with Crippen LogP contribution in [0.1, 0.15) is 28.0 Å². The van der Waals surface area contributed by atoms with Crippen molar-refractivity contribution in [3.05, 3.63) is 71.2 Å². The number of nitrogens with one attached hydrogen (secondary N) is 1. The maximum absolute atomic E-state index is 13.5. The highest BCUT2D eigenvalue weighted by molar-refractivity contribution is 5.94. The average Bonchev–Trinajstić information content (AvgIpc) is 3.25. The summed E-state index contributed by atoms with van der Waals surface area (Å²) in [5, 5.41) is 7.70. The molecule has 7 heteroatoms. The molecule has 2 aromatic carbocycles. The summed E-state index contributed by atoms with van der Waals surface area (Å²) in [6.45, 7) is 9.02. The van der Waals surface area contributed by atoms with E-state index >= 15 is 0 Å². The van der Waals surface area contributed by atoms with E-state index < -0.39 is 0 Å². The highest BCUT2D eigenvalue weighted by atomic mass is 19.1. The Morgan fingerprint density at radius 3 is 2.53 bits per heavy atom. The lowest BCUT2D eigenvalue weighted by molar-refractivity contribution is 0.0374. The number of morpholine rings is 1. The largest absolute Gasteiger partial charge is 0.379 e. The van der Waals surface area contributed by atoms with Crippen molar-refractivity contribution in [2.75, 3.05) is 39.4 Å². The van der Waals surface area contributed by atoms with Gasteiger partial charge in [0.15, 0.2) is 0 Å². The van der Waals surface area contributed by atoms with Gasteiger partial charge in [0.2, 0.25) is 0 Å². The third kappa shape index (κ3) is 5.23. The van der Waals surface area contributed by atoms with Gasteiger partial charge in [0, 0.05) is 25.2 Å². The normalized spacial score (nSPS) is 14.5. The van der Waals surface area contributed by atoms with Gasteiger partial charge in [-0.2, -0.15) is 5.10 Å². The van der Waals surface area contributed by atoms with Crippen molar-refractivity contribution in [1.29, 1.82) is 0 Å². The fraction of sp³-hybridized carbons (Fsp3) is 0.360. The van der Waals surface area contributed by atoms with E-state index in [1.807, 2.05) is 12.1 Å². The van der Waals surface area contributed by atoms with Crippen molar-refractivity contribution in [2.24, 2.45) is 0 Å². The van der Waals surface area contributed by atoms with Crippen LogP contribution in [0, 0.1) is 19.7 Å². The van der Waals surface area contributed by atoms with Crippen LogP contribution >= 0.6 is 0 Å². The second kappa shape index (κ2) is 10.1. The third-order valence-corrected chi connectivity index (χ3v) is 5.86. The van der Waals surface area contributed by atoms with Gasteiger partial charge >= 0.3 is 0 Å². The van der Waals surface area contributed by atoms with Crippen LogP contribution in [0.3, 0.4) is 0 Å². The number of amides is 1. The molecule has 0 spiro atoms. The number of carbonyl (C=O) groups is 1. The van der Waals surface area contributed by atoms with Crippen LogP contribution in [0.4, 0.5) is 4.39 Å². The van der Waals surface area contributed by atoms with Crippen LogP contribution < -0.4 is 5.32 Å². The summed E-state index contributed by atoms with van der Waals surface area (Å²) in [4.78, 5) is 15.4. The quantitative estimate of drug-likeness (QED) is 0.573. The summed E-state index contributed by atoms with van der Waals surface area (Å²) >= 11 is 0. The summed E-state index contributed by atoms with van der Waals surface area (Å²) in [7, 11) is 0. The molecule has 32 heavy (non-hydrogen) atoms. The molecule has 0 radical (unpaired) electrons. The molecule has 4 rings (SSSR count). The maximum Gasteiger partial charge on any atom is 0.270 e. The number of hydrogen-bond acceptors (Lipinski definition) is 4. The molecule has 1 saturated heterocycles. The zero-order chi connectivity index (χ0) is 22.5. The van der Waals surface area contributed by atoms with Crippen LogP contribution in [0.25, 0.3) is 16.9 Å². The molecule has 1 aromatic heterocycles. The van der Waals surface area contributed by atoms with Gasteiger partial charge in [-0.1, -0.05) is 12.1 Å². The molecule has 1 N–H and O–H groups in total. The molecule has 2 heterocycles. The van der Waals surface area contributed by atoms with E-state index in [1.54, 1.807) is 22.9 Å². The van der Waals surface area contributed by atoms with E-state index in [0.29, 0.717) is 23.6 Å². The molecule has 0 bridgehead atoms. The number of aryl methyl sites for hydroxylation is 2. The average molecular weight is 437 g/mol. The Kier molecular flexibility index (Phi) is 6.97. The Balaban J connectivity index is 1.53. The minimum absolute atomic E-state index is 0.195. The molecular weight excluding hydrogens is 407 g/mol. The molecule has 3 aromatic rings. The lowest BCUT2D eigenvalue weighted by Gasteiger charge is -2.26. The summed E-state index contributed by atoms with van der Waals surface area (Å²) in [6.07, 6.45) is 0.862. The smallest absolute Gasteiger partial charge is 0.270 e. The van der Waals surface area contributed by atoms with Crippen LogP contribution in [0.2, 0.25) is 0 Å². The van der Waals surface area contributed by atoms with Crippen molar-refractivity contribution in [3.63, 3.8) is 0 Å². The number of aromatic nitrogens is 2. The summed E-state index contributed by atoms with van der Waals surface area (Å²) < 4.78 is 20.4. The molecule has 0 atom stereocenters. The van der Waals surface area contributed by atoms with Crippen molar-refractivity contribution in [3.8, 4) is 16.9 Å². The Hall–Kier alpha value is -3.03. The maximum atomic E-state index is 13.5. The summed E-state index contributed by atoms with van der Waals surface area (Å²) in [6, 6.07) is 13.9. The van der Waals surface area contributed by atoms with Crippen LogP contribution in [0.15, 0.2) is 48.5 Å². The predicted molar refractivity (Wildman–Crippen MR) is 123 cm³/mol. The number of carbonyl (C=O) groups excluding carboxylic acids is 1. The molecule has 0 aliphatic carbocycles. The highest BCUT2D eigenvalue weighted by Crippen LogP contribution is 2.24. The van der Waals surface area contributed by atoms with Gasteiger partial charge in [0.1, 0.15) is 11.5 Å². The number of ether oxygens (including phenoxy) is 1. The Morgan fingerprint density at radius 1 is 1.06 bits per heavy atom. The number of hydrogen-bond donors (Lipinski definition) is 1. The molecule has 1 aliphatic heterocycles. The van der Waals surface area contributed by atoms with E-state index in [4.69, 9.17) is 4.74 Å². The molecule has 6 nitrogen and oxygen atoms in total. The topological polar surface area (TPSA) is 59.4 Å². The molecule has 1 amide bonds. The summed E-state index contributed by atoms with van der Waals surface area (Å²) in [5.41, 5.74) is 5.07. The molecular formula is C25H29FN4O2. The lowest BCUT2D eigenvalue weighted by Crippen LogP contribution is -2.38. The van der Waals surface area contributed by atoms with Gasteiger partial charge in [-0.05, 0) is 74.3 Å². The van der Waals surface area contributed by atoms with E-state index in [0.717, 1.165) is 50.4 Å². The fourth-order valence-corrected chi connectivity index (χ4v) is 3.78. The molecule has 0 unspecified atom stereocenters. The van der Waals surface area contributed by atoms with E-state index in [-0.39, 0.29) is 11.7 Å². The van der Waals surface area contributed by atoms with Gasteiger partial charge in [-0.3, -0.25) is 9.69 Å². The highest BCUT2D eigenvalue weighted by Gasteiger charge is 2.18. The minimum atomic E-state index is -0.329. The van der Waals surface area contributed by atoms with Crippen LogP contribution in [-0.4, -0.2) is 60.0 Å². The molecule has 168 valence electrons. The number of halogens is 1. The minimum Gasteiger partial charge on any atom is -0.379 e. The summed E-state index contributed by atoms with van der Waals surface area (Å²) in [5.74, 6) is -0.525. The first-order valence-electron chi connectivity index (χ1n) is 11.0. The van der Waals surface area contributed by atoms with Gasteiger partial charge in [-0.25, -0.2) is 9.07 Å². The van der Waals surface area contributed by atoms with Gasteiger partial charge in [0.05, 0.1) is 24.6 Å². The Bertz CT molecular complexity index is 1070. The second-order valence-electron chi connectivity index (χ2n) is 8.17. The van der Waals surface area contributed by atoms with E-state index in [9.17, 15) is 9.18 Å². The number of rotatable bonds is 7. The molecule has 0 saturated carbocycles. The standard InChI is InChI=1S/C25H29FN4O2/c1-18-4-5-20(16-19(18)2)23-17-24(30(28-23)22-8-6-21(26)7-9-22)25(31)27-10-3-11-29-12-14-32-15-13-29/h4-9,16-17H,3,10-15H2,1-2H3,(H,27,31). The SMILES string of the molecule is Cc1ccc(-c2cc(C(=O)NCCCN3CCOCC3)n(-c3ccc(F)cc3)n2)cc1C. The second-order valence-corrected chi connectivity index (χ2v) is 8.17. The van der Waals surface area contributed by atoms with Crippen molar-refractivity contribution >= 4 is 5.91 Å². The van der Waals surface area contributed by atoms with E-state index in [2.05, 4.69) is 35.2 Å². The number of nitrogens with zero attached hydrogens (tertiary/aromatic N) is 3. The zero-order valence-electron chi connectivity index (χ0n) is 18.6. The first-order chi connectivity index (χ1) is 15.5.